The summed E-state index contributed by atoms with van der Waals surface area (Å²) < 4.78 is 2.43. The van der Waals surface area contributed by atoms with Gasteiger partial charge in [-0.1, -0.05) is 170 Å². The number of hydrogen-bond acceptors (Lipinski definition) is 3. The van der Waals surface area contributed by atoms with Crippen LogP contribution in [0.15, 0.2) is 216 Å². The molecule has 10 aromatic rings. The van der Waals surface area contributed by atoms with Crippen LogP contribution < -0.4 is 5.32 Å². The van der Waals surface area contributed by atoms with E-state index in [2.05, 4.69) is 210 Å². The van der Waals surface area contributed by atoms with Gasteiger partial charge in [0.2, 0.25) is 0 Å². The molecule has 1 aliphatic heterocycles. The van der Waals surface area contributed by atoms with E-state index < -0.39 is 11.6 Å². The third-order valence-electron chi connectivity index (χ3n) is 14.3. The second-order valence-electron chi connectivity index (χ2n) is 17.6. The van der Waals surface area contributed by atoms with E-state index in [1.54, 1.807) is 0 Å². The van der Waals surface area contributed by atoms with Gasteiger partial charge in [-0.05, 0) is 121 Å². The summed E-state index contributed by atoms with van der Waals surface area (Å²) in [5, 5.41) is 11.5. The number of aromatic nitrogens is 1. The van der Waals surface area contributed by atoms with Gasteiger partial charge in [-0.3, -0.25) is 0 Å². The molecular weight excluding hydrogens is 777 g/mol. The van der Waals surface area contributed by atoms with Crippen molar-refractivity contribution in [3.8, 4) is 22.3 Å². The summed E-state index contributed by atoms with van der Waals surface area (Å²) in [7, 11) is 0. The first-order chi connectivity index (χ1) is 31.7. The monoisotopic (exact) mass is 816 g/mol. The van der Waals surface area contributed by atoms with Crippen molar-refractivity contribution >= 4 is 60.7 Å². The van der Waals surface area contributed by atoms with Gasteiger partial charge < -0.3 is 9.88 Å². The second kappa shape index (κ2) is 13.5. The third-order valence-corrected chi connectivity index (χ3v) is 14.3. The first-order valence-corrected chi connectivity index (χ1v) is 22.4. The molecule has 0 saturated heterocycles. The van der Waals surface area contributed by atoms with Crippen LogP contribution in [0, 0.1) is 0 Å². The Balaban J connectivity index is 0.874. The zero-order chi connectivity index (χ0) is 41.9. The van der Waals surface area contributed by atoms with Crippen LogP contribution in [0.4, 0.5) is 0 Å². The number of nitrogens with one attached hydrogen (secondary N) is 1. The zero-order valence-corrected chi connectivity index (χ0v) is 35.0. The van der Waals surface area contributed by atoms with Gasteiger partial charge in [0, 0.05) is 27.6 Å². The maximum atomic E-state index is 5.35. The van der Waals surface area contributed by atoms with Gasteiger partial charge >= 0.3 is 0 Å². The normalized spacial score (nSPS) is 16.6. The fourth-order valence-electron chi connectivity index (χ4n) is 11.5. The number of fused-ring (bicyclic) bond motifs is 10. The second-order valence-corrected chi connectivity index (χ2v) is 17.6. The number of nitrogens with zero attached hydrogens (tertiary/aromatic N) is 3. The number of allylic oxidation sites excluding steroid dienone is 4. The molecule has 2 heterocycles. The lowest BCUT2D eigenvalue weighted by Gasteiger charge is -2.31. The van der Waals surface area contributed by atoms with E-state index in [-0.39, 0.29) is 0 Å². The van der Waals surface area contributed by atoms with Crippen LogP contribution >= 0.6 is 0 Å². The Kier molecular flexibility index (Phi) is 7.47. The molecule has 1 atom stereocenters. The lowest BCUT2D eigenvalue weighted by Crippen LogP contribution is -2.36. The van der Waals surface area contributed by atoms with Crippen molar-refractivity contribution in [1.82, 2.24) is 9.88 Å². The van der Waals surface area contributed by atoms with Crippen molar-refractivity contribution in [2.75, 3.05) is 0 Å². The van der Waals surface area contributed by atoms with Gasteiger partial charge in [0.1, 0.15) is 11.7 Å². The van der Waals surface area contributed by atoms with Crippen molar-refractivity contribution in [1.29, 1.82) is 0 Å². The molecule has 0 radical (unpaired) electrons. The standard InChI is InChI=1S/C60H40N4/c1-3-13-40(14-4-1)57-61-58(63-59(62-57)43-32-34-54-48(35-43)47-20-8-10-24-53(47)64(54)44-17-5-2-6-18-44)41-29-25-37(26-30-41)42-31-33-46-45-19-7-9-21-49(45)60(52(46)36-42)50-22-11-15-38-27-28-39-16-12-23-51(60)56(39)55(38)50/h1-5,7-17,19-36,58H,6,18H2,(H,61,62,63). The first-order valence-electron chi connectivity index (χ1n) is 22.4. The molecule has 64 heavy (non-hydrogen) atoms. The molecule has 0 fully saturated rings. The highest BCUT2D eigenvalue weighted by molar-refractivity contribution is 6.19. The van der Waals surface area contributed by atoms with E-state index >= 15 is 0 Å². The van der Waals surface area contributed by atoms with Gasteiger partial charge in [0.15, 0.2) is 6.17 Å². The summed E-state index contributed by atoms with van der Waals surface area (Å²) in [6.07, 6.45) is 8.32. The van der Waals surface area contributed by atoms with Crippen molar-refractivity contribution in [2.45, 2.75) is 24.4 Å². The van der Waals surface area contributed by atoms with E-state index in [0.29, 0.717) is 0 Å². The Hall–Kier alpha value is -8.08. The molecular formula is C60H40N4. The van der Waals surface area contributed by atoms with E-state index in [9.17, 15) is 0 Å². The molecule has 300 valence electrons. The minimum atomic E-state index is -0.424. The predicted molar refractivity (Wildman–Crippen MR) is 265 cm³/mol. The summed E-state index contributed by atoms with van der Waals surface area (Å²) in [5.41, 5.74) is 16.9. The number of para-hydroxylation sites is 1. The molecule has 3 aliphatic carbocycles. The number of aliphatic imine (C=N–C) groups is 2. The largest absolute Gasteiger partial charge is 0.324 e. The molecule has 1 aromatic heterocycles. The molecule has 4 nitrogen and oxygen atoms in total. The summed E-state index contributed by atoms with van der Waals surface area (Å²) in [6, 6.07) is 69.4. The number of rotatable bonds is 5. The van der Waals surface area contributed by atoms with Gasteiger partial charge in [0.25, 0.3) is 0 Å². The highest BCUT2D eigenvalue weighted by atomic mass is 15.2. The first kappa shape index (κ1) is 35.5. The lowest BCUT2D eigenvalue weighted by atomic mass is 9.70. The molecule has 4 heteroatoms. The fraction of sp³-hybridized carbons (Fsp3) is 0.0667. The third kappa shape index (κ3) is 4.94. The molecule has 0 amide bonds. The Morgan fingerprint density at radius 2 is 1.14 bits per heavy atom. The molecule has 4 aliphatic rings. The van der Waals surface area contributed by atoms with Crippen LogP contribution in [0.25, 0.3) is 71.3 Å². The smallest absolute Gasteiger partial charge is 0.169 e. The summed E-state index contributed by atoms with van der Waals surface area (Å²) in [4.78, 5) is 10.6. The number of hydrogen-bond donors (Lipinski definition) is 1. The van der Waals surface area contributed by atoms with Crippen LogP contribution in [0.1, 0.15) is 58.0 Å². The minimum absolute atomic E-state index is 0.393. The van der Waals surface area contributed by atoms with Crippen LogP contribution in [-0.4, -0.2) is 16.2 Å². The average molecular weight is 817 g/mol. The SMILES string of the molecule is C1=CCCC(n2c3ccccc3c3cc(C4=NC(c5ccc(-c6ccc7c(c6)C6(c8ccccc8-7)c7cccc8ccc9cccc6c9c78)cc5)N=C(c5ccccc5)N4)ccc32)=C1. The Bertz CT molecular complexity index is 3690. The van der Waals surface area contributed by atoms with Crippen LogP contribution in [0.3, 0.4) is 0 Å². The van der Waals surface area contributed by atoms with Crippen LogP contribution in [0.5, 0.6) is 0 Å². The van der Waals surface area contributed by atoms with Gasteiger partial charge in [-0.25, -0.2) is 9.98 Å². The maximum absolute atomic E-state index is 5.35. The van der Waals surface area contributed by atoms with E-state index in [1.807, 2.05) is 6.07 Å². The number of benzene rings is 9. The minimum Gasteiger partial charge on any atom is -0.324 e. The Morgan fingerprint density at radius 1 is 0.484 bits per heavy atom. The molecule has 1 unspecified atom stereocenters. The highest BCUT2D eigenvalue weighted by Gasteiger charge is 2.50. The molecule has 9 aromatic carbocycles. The molecule has 14 rings (SSSR count). The van der Waals surface area contributed by atoms with Crippen molar-refractivity contribution < 1.29 is 0 Å². The predicted octanol–water partition coefficient (Wildman–Crippen LogP) is 14.1. The molecule has 1 N–H and O–H groups in total. The zero-order valence-electron chi connectivity index (χ0n) is 35.0. The summed E-state index contributed by atoms with van der Waals surface area (Å²) in [5.74, 6) is 1.62. The topological polar surface area (TPSA) is 41.7 Å². The maximum Gasteiger partial charge on any atom is 0.169 e. The Morgan fingerprint density at radius 3 is 1.92 bits per heavy atom. The van der Waals surface area contributed by atoms with Crippen LogP contribution in [-0.2, 0) is 5.41 Å². The summed E-state index contributed by atoms with van der Waals surface area (Å²) >= 11 is 0. The fourth-order valence-corrected chi connectivity index (χ4v) is 11.5. The van der Waals surface area contributed by atoms with Crippen molar-refractivity contribution in [2.24, 2.45) is 9.98 Å². The van der Waals surface area contributed by atoms with Crippen molar-refractivity contribution in [3.05, 3.63) is 245 Å². The van der Waals surface area contributed by atoms with E-state index in [0.717, 1.165) is 41.2 Å². The molecule has 0 bridgehead atoms. The molecule has 0 saturated carbocycles. The molecule has 1 spiro atoms. The van der Waals surface area contributed by atoms with Gasteiger partial charge in [-0.2, -0.15) is 0 Å². The highest BCUT2D eigenvalue weighted by Crippen LogP contribution is 2.62. The van der Waals surface area contributed by atoms with Gasteiger partial charge in [0.05, 0.1) is 16.4 Å². The lowest BCUT2D eigenvalue weighted by molar-refractivity contribution is 0.756. The number of amidine groups is 2. The van der Waals surface area contributed by atoms with Gasteiger partial charge in [-0.15, -0.1) is 0 Å². The average Bonchev–Trinajstić information content (AvgIpc) is 3.98. The Labute approximate surface area is 370 Å². The quantitative estimate of drug-likeness (QED) is 0.173. The van der Waals surface area contributed by atoms with Crippen LogP contribution in [0.2, 0.25) is 0 Å². The van der Waals surface area contributed by atoms with E-state index in [1.165, 1.54) is 93.6 Å². The van der Waals surface area contributed by atoms with E-state index in [4.69, 9.17) is 9.98 Å². The van der Waals surface area contributed by atoms with Crippen molar-refractivity contribution in [3.63, 3.8) is 0 Å². The summed E-state index contributed by atoms with van der Waals surface area (Å²) in [6.45, 7) is 0.